The Morgan fingerprint density at radius 2 is 1.12 bits per heavy atom. The van der Waals surface area contributed by atoms with Gasteiger partial charge in [-0.2, -0.15) is 57.1 Å². The zero-order valence-corrected chi connectivity index (χ0v) is 25.0. The van der Waals surface area contributed by atoms with E-state index in [9.17, 15) is 61.9 Å². The van der Waals surface area contributed by atoms with Gasteiger partial charge in [-0.1, -0.05) is 62.6 Å². The highest BCUT2D eigenvalue weighted by atomic mass is 19.4. The minimum Gasteiger partial charge on any atom is -0.493 e. The highest BCUT2D eigenvalue weighted by Crippen LogP contribution is 2.60. The standard InChI is InChI=1S/C31H31F13O4/c1-2-25(45)48-19-10-6-4-3-5-9-18-47-24-12-8-7-11-23(24)21-13-15-22(16-14-21)46-20-17-26(32,33)27(34,35)28(36,37)29(38,39)30(40,41)31(42,43)44/h2,7-8,11-16H,1,3-6,9-10,17-20H2. The fourth-order valence-corrected chi connectivity index (χ4v) is 4.14. The van der Waals surface area contributed by atoms with Gasteiger partial charge in [-0.15, -0.1) is 0 Å². The van der Waals surface area contributed by atoms with Crippen LogP contribution in [-0.2, 0) is 9.53 Å². The third-order valence-electron chi connectivity index (χ3n) is 6.94. The molecule has 4 nitrogen and oxygen atoms in total. The smallest absolute Gasteiger partial charge is 0.460 e. The molecule has 0 fully saturated rings. The van der Waals surface area contributed by atoms with Gasteiger partial charge in [0.25, 0.3) is 0 Å². The second-order valence-electron chi connectivity index (χ2n) is 10.5. The normalized spacial score (nSPS) is 13.3. The molecule has 48 heavy (non-hydrogen) atoms. The minimum absolute atomic E-state index is 0.282. The summed E-state index contributed by atoms with van der Waals surface area (Å²) >= 11 is 0. The molecule has 2 aromatic rings. The Morgan fingerprint density at radius 3 is 1.69 bits per heavy atom. The van der Waals surface area contributed by atoms with Crippen molar-refractivity contribution in [2.24, 2.45) is 0 Å². The fraction of sp³-hybridized carbons (Fsp3) is 0.516. The zero-order chi connectivity index (χ0) is 36.4. The number of carbonyl (C=O) groups is 1. The van der Waals surface area contributed by atoms with Crippen molar-refractivity contribution in [3.05, 3.63) is 61.2 Å². The third-order valence-corrected chi connectivity index (χ3v) is 6.94. The average Bonchev–Trinajstić information content (AvgIpc) is 3.01. The lowest BCUT2D eigenvalue weighted by Gasteiger charge is -2.39. The number of unbranched alkanes of at least 4 members (excludes halogenated alkanes) is 5. The molecular formula is C31H31F13O4. The largest absolute Gasteiger partial charge is 0.493 e. The van der Waals surface area contributed by atoms with Gasteiger partial charge in [-0.05, 0) is 36.6 Å². The number of halogens is 13. The first kappa shape index (κ1) is 40.5. The molecule has 0 atom stereocenters. The van der Waals surface area contributed by atoms with E-state index < -0.39 is 54.8 Å². The molecular weight excluding hydrogens is 683 g/mol. The maximum absolute atomic E-state index is 14.0. The lowest BCUT2D eigenvalue weighted by atomic mass is 9.93. The molecule has 0 saturated heterocycles. The van der Waals surface area contributed by atoms with E-state index in [-0.39, 0.29) is 5.75 Å². The van der Waals surface area contributed by atoms with Gasteiger partial charge < -0.3 is 14.2 Å². The summed E-state index contributed by atoms with van der Waals surface area (Å²) in [6.07, 6.45) is -3.76. The van der Waals surface area contributed by atoms with Crippen molar-refractivity contribution in [1.29, 1.82) is 0 Å². The number of rotatable bonds is 20. The van der Waals surface area contributed by atoms with E-state index in [2.05, 4.69) is 6.58 Å². The van der Waals surface area contributed by atoms with Crippen molar-refractivity contribution in [3.63, 3.8) is 0 Å². The van der Waals surface area contributed by atoms with Crippen molar-refractivity contribution < 1.29 is 76.1 Å². The summed E-state index contributed by atoms with van der Waals surface area (Å²) < 4.78 is 188. The molecule has 0 aromatic heterocycles. The van der Waals surface area contributed by atoms with Crippen LogP contribution in [0.2, 0.25) is 0 Å². The van der Waals surface area contributed by atoms with Crippen molar-refractivity contribution >= 4 is 5.97 Å². The van der Waals surface area contributed by atoms with Gasteiger partial charge in [0.2, 0.25) is 0 Å². The molecule has 17 heteroatoms. The molecule has 0 N–H and O–H groups in total. The van der Waals surface area contributed by atoms with Crippen LogP contribution < -0.4 is 9.47 Å². The average molecular weight is 715 g/mol. The van der Waals surface area contributed by atoms with Gasteiger partial charge in [-0.3, -0.25) is 0 Å². The number of para-hydroxylation sites is 1. The summed E-state index contributed by atoms with van der Waals surface area (Å²) in [4.78, 5) is 11.0. The molecule has 0 unspecified atom stereocenters. The van der Waals surface area contributed by atoms with Crippen LogP contribution in [0.1, 0.15) is 44.9 Å². The van der Waals surface area contributed by atoms with Gasteiger partial charge in [0.15, 0.2) is 0 Å². The Bertz CT molecular complexity index is 1330. The summed E-state index contributed by atoms with van der Waals surface area (Å²) in [5.74, 6) is -37.4. The van der Waals surface area contributed by atoms with Crippen LogP contribution in [0.4, 0.5) is 57.1 Å². The predicted octanol–water partition coefficient (Wildman–Crippen LogP) is 10.3. The molecule has 2 rings (SSSR count). The molecule has 0 heterocycles. The molecule has 0 radical (unpaired) electrons. The highest BCUT2D eigenvalue weighted by molar-refractivity contribution is 5.81. The minimum atomic E-state index is -7.94. The van der Waals surface area contributed by atoms with E-state index in [0.29, 0.717) is 30.1 Å². The first-order valence-electron chi connectivity index (χ1n) is 14.3. The second-order valence-corrected chi connectivity index (χ2v) is 10.5. The van der Waals surface area contributed by atoms with Crippen molar-refractivity contribution in [3.8, 4) is 22.6 Å². The number of hydrogen-bond donors (Lipinski definition) is 0. The predicted molar refractivity (Wildman–Crippen MR) is 147 cm³/mol. The van der Waals surface area contributed by atoms with Crippen molar-refractivity contribution in [2.45, 2.75) is 80.7 Å². The molecule has 0 amide bonds. The van der Waals surface area contributed by atoms with Crippen molar-refractivity contribution in [2.75, 3.05) is 19.8 Å². The number of alkyl halides is 13. The van der Waals surface area contributed by atoms with Crippen LogP contribution in [0.25, 0.3) is 11.1 Å². The van der Waals surface area contributed by atoms with Crippen molar-refractivity contribution in [1.82, 2.24) is 0 Å². The Kier molecular flexibility index (Phi) is 13.6. The van der Waals surface area contributed by atoms with Crippen LogP contribution >= 0.6 is 0 Å². The Balaban J connectivity index is 1.93. The molecule has 270 valence electrons. The van der Waals surface area contributed by atoms with Gasteiger partial charge in [0.1, 0.15) is 11.5 Å². The molecule has 0 spiro atoms. The lowest BCUT2D eigenvalue weighted by Crippen LogP contribution is -2.70. The Labute approximate surface area is 266 Å². The van der Waals surface area contributed by atoms with Gasteiger partial charge in [0.05, 0.1) is 26.2 Å². The van der Waals surface area contributed by atoms with Gasteiger partial charge >= 0.3 is 41.8 Å². The Hall–Kier alpha value is -3.66. The number of ether oxygens (including phenoxy) is 3. The summed E-state index contributed by atoms with van der Waals surface area (Å²) in [5, 5.41) is 0. The fourth-order valence-electron chi connectivity index (χ4n) is 4.14. The monoisotopic (exact) mass is 714 g/mol. The third kappa shape index (κ3) is 9.27. The van der Waals surface area contributed by atoms with Gasteiger partial charge in [0, 0.05) is 11.6 Å². The Morgan fingerprint density at radius 1 is 0.604 bits per heavy atom. The lowest BCUT2D eigenvalue weighted by molar-refractivity contribution is -0.440. The van der Waals surface area contributed by atoms with E-state index >= 15 is 0 Å². The number of esters is 1. The van der Waals surface area contributed by atoms with Crippen LogP contribution in [0.5, 0.6) is 11.5 Å². The second kappa shape index (κ2) is 16.2. The molecule has 0 bridgehead atoms. The number of carbonyl (C=O) groups excluding carboxylic acids is 1. The highest BCUT2D eigenvalue weighted by Gasteiger charge is 2.90. The zero-order valence-electron chi connectivity index (χ0n) is 25.0. The van der Waals surface area contributed by atoms with Crippen LogP contribution in [0.3, 0.4) is 0 Å². The van der Waals surface area contributed by atoms with Crippen LogP contribution in [0, 0.1) is 0 Å². The van der Waals surface area contributed by atoms with E-state index in [1.165, 1.54) is 12.1 Å². The number of hydrogen-bond acceptors (Lipinski definition) is 4. The first-order valence-corrected chi connectivity index (χ1v) is 14.3. The number of benzene rings is 2. The summed E-state index contributed by atoms with van der Waals surface area (Å²) in [5.41, 5.74) is 1.10. The summed E-state index contributed by atoms with van der Waals surface area (Å²) in [6.45, 7) is 2.45. The summed E-state index contributed by atoms with van der Waals surface area (Å²) in [7, 11) is 0. The quantitative estimate of drug-likeness (QED) is 0.0593. The SMILES string of the molecule is C=CC(=O)OCCCCCCCCOc1ccccc1-c1ccc(OCCC(F)(F)C(F)(F)C(F)(F)C(F)(F)C(F)(F)C(F)(F)F)cc1. The van der Waals surface area contributed by atoms with E-state index in [4.69, 9.17) is 14.2 Å². The van der Waals surface area contributed by atoms with Crippen LogP contribution in [0.15, 0.2) is 61.2 Å². The van der Waals surface area contributed by atoms with E-state index in [0.717, 1.165) is 56.7 Å². The molecule has 0 aliphatic carbocycles. The molecule has 0 saturated carbocycles. The molecule has 0 aliphatic rings. The molecule has 2 aromatic carbocycles. The van der Waals surface area contributed by atoms with E-state index in [1.54, 1.807) is 24.3 Å². The van der Waals surface area contributed by atoms with Crippen LogP contribution in [-0.4, -0.2) is 61.6 Å². The maximum Gasteiger partial charge on any atom is 0.460 e. The topological polar surface area (TPSA) is 44.8 Å². The molecule has 0 aliphatic heterocycles. The first-order chi connectivity index (χ1) is 22.1. The van der Waals surface area contributed by atoms with E-state index in [1.807, 2.05) is 0 Å². The summed E-state index contributed by atoms with van der Waals surface area (Å²) in [6, 6.07) is 11.9. The van der Waals surface area contributed by atoms with Gasteiger partial charge in [-0.25, -0.2) is 4.79 Å². The maximum atomic E-state index is 14.0.